The van der Waals surface area contributed by atoms with Crippen molar-refractivity contribution in [2.24, 2.45) is 7.05 Å². The average Bonchev–Trinajstić information content (AvgIpc) is 3.02. The van der Waals surface area contributed by atoms with Crippen LogP contribution in [0.5, 0.6) is 5.75 Å². The Morgan fingerprint density at radius 3 is 2.42 bits per heavy atom. The zero-order chi connectivity index (χ0) is 35.4. The van der Waals surface area contributed by atoms with Gasteiger partial charge in [0, 0.05) is 42.6 Å². The van der Waals surface area contributed by atoms with Crippen LogP contribution >= 0.6 is 0 Å². The molecule has 4 rings (SSSR count). The summed E-state index contributed by atoms with van der Waals surface area (Å²) in [4.78, 5) is 42.8. The molecule has 4 aromatic rings. The van der Waals surface area contributed by atoms with Crippen molar-refractivity contribution < 1.29 is 28.6 Å². The fourth-order valence-corrected chi connectivity index (χ4v) is 4.71. The second-order valence-electron chi connectivity index (χ2n) is 12.8. The minimum Gasteiger partial charge on any atom is -0.484 e. The fourth-order valence-electron chi connectivity index (χ4n) is 4.71. The molecule has 0 aliphatic carbocycles. The molecule has 2 aromatic carbocycles. The standard InChI is InChI=1S/C35H39FN6O6/c1-20(44)47-18-25-24(9-8-10-27(25)40-32(45)31-21(16-37)13-22(14-26(31)36)34(2,3)4)28-15-29(33(46)42(7)41-28)39-30-12-11-23(17-38-30)48-35(5,6)19-43/h8-17,37,43H,18-19H2,1-7H3,(H,38,39)(H,40,45). The molecule has 1 amide bonds. The molecule has 0 fully saturated rings. The molecule has 0 unspecified atom stereocenters. The van der Waals surface area contributed by atoms with Crippen molar-refractivity contribution in [1.82, 2.24) is 14.8 Å². The number of halogens is 1. The van der Waals surface area contributed by atoms with Gasteiger partial charge in [-0.3, -0.25) is 14.4 Å². The van der Waals surface area contributed by atoms with Crippen molar-refractivity contribution in [2.45, 2.75) is 59.2 Å². The number of aryl methyl sites for hydroxylation is 1. The van der Waals surface area contributed by atoms with Crippen LogP contribution in [-0.4, -0.2) is 50.2 Å². The smallest absolute Gasteiger partial charge is 0.302 e. The molecule has 0 aliphatic heterocycles. The Bertz CT molecular complexity index is 1910. The number of carbonyl (C=O) groups excluding carboxylic acids is 2. The summed E-state index contributed by atoms with van der Waals surface area (Å²) < 4.78 is 27.6. The fraction of sp³-hybridized carbons (Fsp3) is 0.314. The molecule has 0 saturated heterocycles. The molecule has 252 valence electrons. The minimum absolute atomic E-state index is 0.107. The molecule has 2 aromatic heterocycles. The molecule has 0 bridgehead atoms. The Morgan fingerprint density at radius 2 is 1.81 bits per heavy atom. The Kier molecular flexibility index (Phi) is 10.4. The molecule has 0 saturated carbocycles. The number of ether oxygens (including phenoxy) is 2. The maximum atomic E-state index is 15.4. The lowest BCUT2D eigenvalue weighted by Crippen LogP contribution is -2.32. The van der Waals surface area contributed by atoms with Crippen LogP contribution in [0.1, 0.15) is 68.6 Å². The van der Waals surface area contributed by atoms with E-state index in [-0.39, 0.29) is 35.7 Å². The van der Waals surface area contributed by atoms with E-state index >= 15 is 4.39 Å². The van der Waals surface area contributed by atoms with Crippen LogP contribution in [0, 0.1) is 11.2 Å². The molecular formula is C35H39FN6O6. The quantitative estimate of drug-likeness (QED) is 0.120. The van der Waals surface area contributed by atoms with E-state index in [1.165, 1.54) is 32.3 Å². The second-order valence-corrected chi connectivity index (χ2v) is 12.8. The van der Waals surface area contributed by atoms with Crippen molar-refractivity contribution >= 4 is 35.3 Å². The average molecular weight is 659 g/mol. The van der Waals surface area contributed by atoms with Crippen LogP contribution in [0.15, 0.2) is 59.5 Å². The molecule has 0 aliphatic rings. The summed E-state index contributed by atoms with van der Waals surface area (Å²) in [6.45, 7) is 9.94. The number of anilines is 3. The number of nitrogens with one attached hydrogen (secondary N) is 3. The van der Waals surface area contributed by atoms with Crippen molar-refractivity contribution in [3.8, 4) is 17.0 Å². The third-order valence-corrected chi connectivity index (χ3v) is 7.33. The van der Waals surface area contributed by atoms with Crippen LogP contribution in [0.4, 0.5) is 21.6 Å². The molecule has 0 radical (unpaired) electrons. The predicted octanol–water partition coefficient (Wildman–Crippen LogP) is 5.49. The normalized spacial score (nSPS) is 11.5. The number of aliphatic hydroxyl groups is 1. The van der Waals surface area contributed by atoms with Gasteiger partial charge in [0.25, 0.3) is 11.5 Å². The SMILES string of the molecule is CC(=O)OCc1c(NC(=O)c2c(F)cc(C(C)(C)C)cc2C=N)cccc1-c1cc(Nc2ccc(OC(C)(C)CO)cn2)c(=O)n(C)n1. The summed E-state index contributed by atoms with van der Waals surface area (Å²) in [7, 11) is 1.47. The Labute approximate surface area is 277 Å². The highest BCUT2D eigenvalue weighted by atomic mass is 19.1. The summed E-state index contributed by atoms with van der Waals surface area (Å²) in [5.41, 5.74) is 0.143. The van der Waals surface area contributed by atoms with Gasteiger partial charge in [-0.2, -0.15) is 5.10 Å². The van der Waals surface area contributed by atoms with Gasteiger partial charge in [0.1, 0.15) is 35.3 Å². The molecule has 48 heavy (non-hydrogen) atoms. The number of carbonyl (C=O) groups is 2. The van der Waals surface area contributed by atoms with Gasteiger partial charge in [-0.15, -0.1) is 0 Å². The maximum Gasteiger partial charge on any atom is 0.302 e. The van der Waals surface area contributed by atoms with Crippen LogP contribution in [0.3, 0.4) is 0 Å². The van der Waals surface area contributed by atoms with Gasteiger partial charge in [0.05, 0.1) is 24.1 Å². The zero-order valence-corrected chi connectivity index (χ0v) is 27.9. The summed E-state index contributed by atoms with van der Waals surface area (Å²) in [6.07, 6.45) is 2.39. The zero-order valence-electron chi connectivity index (χ0n) is 27.9. The van der Waals surface area contributed by atoms with E-state index in [4.69, 9.17) is 14.9 Å². The number of hydrogen-bond donors (Lipinski definition) is 4. The van der Waals surface area contributed by atoms with Gasteiger partial charge in [-0.1, -0.05) is 32.9 Å². The van der Waals surface area contributed by atoms with Gasteiger partial charge in [0.2, 0.25) is 0 Å². The van der Waals surface area contributed by atoms with Crippen molar-refractivity contribution in [3.63, 3.8) is 0 Å². The number of pyridine rings is 1. The first kappa shape index (κ1) is 35.4. The predicted molar refractivity (Wildman–Crippen MR) is 181 cm³/mol. The molecule has 12 nitrogen and oxygen atoms in total. The Hall–Kier alpha value is -5.43. The van der Waals surface area contributed by atoms with Crippen LogP contribution in [0.2, 0.25) is 0 Å². The highest BCUT2D eigenvalue weighted by molar-refractivity contribution is 6.10. The van der Waals surface area contributed by atoms with Gasteiger partial charge in [0.15, 0.2) is 0 Å². The van der Waals surface area contributed by atoms with Gasteiger partial charge in [-0.05, 0) is 61.2 Å². The lowest BCUT2D eigenvalue weighted by atomic mass is 9.85. The molecule has 4 N–H and O–H groups in total. The van der Waals surface area contributed by atoms with Crippen molar-refractivity contribution in [2.75, 3.05) is 17.2 Å². The van der Waals surface area contributed by atoms with E-state index in [1.54, 1.807) is 50.2 Å². The summed E-state index contributed by atoms with van der Waals surface area (Å²) in [5.74, 6) is -1.40. The lowest BCUT2D eigenvalue weighted by Gasteiger charge is -2.23. The topological polar surface area (TPSA) is 169 Å². The van der Waals surface area contributed by atoms with Crippen LogP contribution in [-0.2, 0) is 28.6 Å². The monoisotopic (exact) mass is 658 g/mol. The third-order valence-electron chi connectivity index (χ3n) is 7.33. The summed E-state index contributed by atoms with van der Waals surface area (Å²) in [6, 6.07) is 12.5. The summed E-state index contributed by atoms with van der Waals surface area (Å²) in [5, 5.41) is 27.4. The van der Waals surface area contributed by atoms with E-state index in [2.05, 4.69) is 20.7 Å². The van der Waals surface area contributed by atoms with E-state index in [0.717, 1.165) is 10.9 Å². The number of nitrogens with zero attached hydrogens (tertiary/aromatic N) is 3. The van der Waals surface area contributed by atoms with E-state index in [1.807, 2.05) is 20.8 Å². The molecule has 2 heterocycles. The van der Waals surface area contributed by atoms with Gasteiger partial charge >= 0.3 is 5.97 Å². The highest BCUT2D eigenvalue weighted by Gasteiger charge is 2.24. The van der Waals surface area contributed by atoms with Crippen LogP contribution in [0.25, 0.3) is 11.3 Å². The molecule has 0 atom stereocenters. The van der Waals surface area contributed by atoms with Crippen molar-refractivity contribution in [3.05, 3.63) is 93.2 Å². The summed E-state index contributed by atoms with van der Waals surface area (Å²) >= 11 is 0. The van der Waals surface area contributed by atoms with Crippen LogP contribution < -0.4 is 20.9 Å². The number of aromatic nitrogens is 3. The largest absolute Gasteiger partial charge is 0.484 e. The Balaban J connectivity index is 1.73. The highest BCUT2D eigenvalue weighted by Crippen LogP contribution is 2.32. The van der Waals surface area contributed by atoms with E-state index in [0.29, 0.717) is 34.0 Å². The number of esters is 1. The number of amides is 1. The van der Waals surface area contributed by atoms with E-state index < -0.39 is 34.3 Å². The second kappa shape index (κ2) is 14.1. The van der Waals surface area contributed by atoms with Crippen molar-refractivity contribution in [1.29, 1.82) is 5.41 Å². The minimum atomic E-state index is -0.808. The first-order valence-electron chi connectivity index (χ1n) is 15.1. The van der Waals surface area contributed by atoms with Gasteiger partial charge < -0.3 is 30.6 Å². The molecular weight excluding hydrogens is 619 g/mol. The number of rotatable bonds is 11. The first-order chi connectivity index (χ1) is 22.5. The first-order valence-corrected chi connectivity index (χ1v) is 15.1. The molecule has 13 heteroatoms. The van der Waals surface area contributed by atoms with E-state index in [9.17, 15) is 19.5 Å². The number of aliphatic hydroxyl groups excluding tert-OH is 1. The Morgan fingerprint density at radius 1 is 1.08 bits per heavy atom. The number of hydrogen-bond acceptors (Lipinski definition) is 10. The van der Waals surface area contributed by atoms with Gasteiger partial charge in [-0.25, -0.2) is 14.1 Å². The number of benzene rings is 2. The third kappa shape index (κ3) is 8.28. The lowest BCUT2D eigenvalue weighted by molar-refractivity contribution is -0.142. The molecule has 0 spiro atoms. The maximum absolute atomic E-state index is 15.4.